The van der Waals surface area contributed by atoms with Crippen LogP contribution in [0.1, 0.15) is 38.9 Å². The molecule has 0 aliphatic heterocycles. The first-order valence-electron chi connectivity index (χ1n) is 44.8. The van der Waals surface area contributed by atoms with Gasteiger partial charge in [0.05, 0.1) is 11.4 Å². The zero-order valence-corrected chi connectivity index (χ0v) is 72.8. The third kappa shape index (κ3) is 13.0. The van der Waals surface area contributed by atoms with Crippen LogP contribution in [0.15, 0.2) is 423 Å². The molecule has 0 saturated heterocycles. The van der Waals surface area contributed by atoms with Crippen LogP contribution in [0.3, 0.4) is 0 Å². The number of hydrogen-bond acceptors (Lipinski definition) is 3. The van der Waals surface area contributed by atoms with Crippen molar-refractivity contribution in [2.24, 2.45) is 0 Å². The molecule has 24 aromatic rings. The molecule has 5 heteroatoms. The van der Waals surface area contributed by atoms with Crippen molar-refractivity contribution in [2.45, 2.75) is 48.5 Å². The van der Waals surface area contributed by atoms with Crippen molar-refractivity contribution in [1.82, 2.24) is 0 Å². The van der Waals surface area contributed by atoms with E-state index in [1.54, 1.807) is 0 Å². The molecule has 0 radical (unpaired) electrons. The molecule has 0 N–H and O–H groups in total. The fourth-order valence-electron chi connectivity index (χ4n) is 22.0. The van der Waals surface area contributed by atoms with Crippen molar-refractivity contribution < 1.29 is 4.42 Å². The first-order chi connectivity index (χ1) is 62.9. The highest BCUT2D eigenvalue weighted by Crippen LogP contribution is 2.53. The van der Waals surface area contributed by atoms with Gasteiger partial charge in [0.15, 0.2) is 5.58 Å². The summed E-state index contributed by atoms with van der Waals surface area (Å²) < 4.78 is 6.76. The van der Waals surface area contributed by atoms with E-state index in [4.69, 9.17) is 4.42 Å². The molecule has 604 valence electrons. The van der Waals surface area contributed by atoms with Gasteiger partial charge in [-0.15, -0.1) is 0 Å². The Balaban J connectivity index is 0.000000148. The van der Waals surface area contributed by atoms with Gasteiger partial charge in [0, 0.05) is 44.3 Å². The monoisotopic (exact) mass is 1630 g/mol. The van der Waals surface area contributed by atoms with Crippen molar-refractivity contribution in [2.75, 3.05) is 9.80 Å². The van der Waals surface area contributed by atoms with Crippen LogP contribution in [-0.4, -0.2) is 13.4 Å². The molecule has 0 spiro atoms. The highest BCUT2D eigenvalue weighted by atomic mass is 16.3. The van der Waals surface area contributed by atoms with E-state index in [9.17, 15) is 0 Å². The minimum Gasteiger partial charge on any atom is -0.454 e. The molecule has 24 rings (SSSR count). The quantitative estimate of drug-likeness (QED) is 0.0579. The van der Waals surface area contributed by atoms with Crippen molar-refractivity contribution in [3.8, 4) is 33.4 Å². The Bertz CT molecular complexity index is 8260. The lowest BCUT2D eigenvalue weighted by Gasteiger charge is -2.28. The zero-order valence-electron chi connectivity index (χ0n) is 72.8. The van der Waals surface area contributed by atoms with E-state index in [1.165, 1.54) is 202 Å². The summed E-state index contributed by atoms with van der Waals surface area (Å²) in [6.45, 7) is 16.1. The Labute approximate surface area is 747 Å². The molecular weight excluding hydrogens is 1540 g/mol. The molecule has 128 heavy (non-hydrogen) atoms. The van der Waals surface area contributed by atoms with Crippen molar-refractivity contribution >= 4 is 199 Å². The number of hydrogen-bond donors (Lipinski definition) is 0. The van der Waals surface area contributed by atoms with E-state index in [0.717, 1.165) is 56.1 Å². The maximum atomic E-state index is 6.76. The molecule has 0 unspecified atom stereocenters. The van der Waals surface area contributed by atoms with Gasteiger partial charge in [-0.3, -0.25) is 0 Å². The summed E-state index contributed by atoms with van der Waals surface area (Å²) in [6.07, 6.45) is 0. The van der Waals surface area contributed by atoms with Crippen LogP contribution in [0.5, 0.6) is 0 Å². The summed E-state index contributed by atoms with van der Waals surface area (Å²) in [7, 11) is 0. The number of furan rings is 1. The highest BCUT2D eigenvalue weighted by Gasteiger charge is 2.32. The van der Waals surface area contributed by atoms with Gasteiger partial charge < -0.3 is 14.2 Å². The SMILES string of the molecule is Cc1cc(-c2ccc(B(c3ccccc3)c3ccccc3)cc2)c2ccc3ccc(-c4ccc(N(c5ccccc5)c5ccccc5)cc4)c4c5ccccc5c1c2c34.Cc1cc(C)c(B(c2ccc3cc(-c4ccc5c6ccccc6c6c(N(c7ccccc7)c7cccc8c7oc7ccccc78)ccc7ccc4c5c76)ccc3c2)c2c(C)cc(C)cc2C)c(C)c1. The number of fused-ring (bicyclic) bond motifs is 10. The summed E-state index contributed by atoms with van der Waals surface area (Å²) in [6, 6.07) is 155. The largest absolute Gasteiger partial charge is 0.454 e. The first-order valence-corrected chi connectivity index (χ1v) is 44.8. The summed E-state index contributed by atoms with van der Waals surface area (Å²) >= 11 is 0. The van der Waals surface area contributed by atoms with E-state index >= 15 is 0 Å². The Morgan fingerprint density at radius 3 is 1.23 bits per heavy atom. The molecule has 0 aliphatic carbocycles. The van der Waals surface area contributed by atoms with E-state index in [-0.39, 0.29) is 13.4 Å². The summed E-state index contributed by atoms with van der Waals surface area (Å²) in [5, 5.41) is 25.2. The minimum atomic E-state index is 0.122. The standard InChI is InChI=1S/C66H50BNO.C57H40BN/c1-39-33-41(3)64(42(4)34-39)67(65-43(5)35-40(2)36-44(65)6)49-28-25-46-37-48(24-23-47(46)38-49)51-30-31-56-52-17-10-11-19-54(52)63-58(32-27-45-26-29-55(51)62(56)61(45)63)68(50-15-8-7-9-16-50)59-21-14-20-57-53-18-12-13-22-60(53)69-66(57)59;1-39-38-53(41-26-32-45(33-27-41)58(43-16-6-2-7-17-43)44-18-8-3-9-19-44)52-37-31-42-30-36-49(56-51-25-15-14-24-50(51)54(39)57(52)55(42)56)40-28-34-48(35-29-40)59(46-20-10-4-11-21-46)47-22-12-5-13-23-47/h7-38H,1-6H3;2-38H,1H3. The molecule has 0 fully saturated rings. The second kappa shape index (κ2) is 31.6. The van der Waals surface area contributed by atoms with Crippen LogP contribution in [0.2, 0.25) is 0 Å². The molecule has 0 amide bonds. The fourth-order valence-corrected chi connectivity index (χ4v) is 22.0. The highest BCUT2D eigenvalue weighted by molar-refractivity contribution is 6.97. The Hall–Kier alpha value is -15.6. The van der Waals surface area contributed by atoms with E-state index in [2.05, 4.69) is 471 Å². The molecule has 3 nitrogen and oxygen atoms in total. The lowest BCUT2D eigenvalue weighted by Crippen LogP contribution is -2.55. The number of nitrogens with zero attached hydrogens (tertiary/aromatic N) is 2. The molecule has 1 aromatic heterocycles. The van der Waals surface area contributed by atoms with Gasteiger partial charge in [0.25, 0.3) is 0 Å². The van der Waals surface area contributed by atoms with Crippen LogP contribution in [0.4, 0.5) is 34.1 Å². The van der Waals surface area contributed by atoms with E-state index < -0.39 is 0 Å². The average Bonchev–Trinajstić information content (AvgIpc) is 0.745. The summed E-state index contributed by atoms with van der Waals surface area (Å²) in [4.78, 5) is 4.73. The van der Waals surface area contributed by atoms with Crippen molar-refractivity contribution in [1.29, 1.82) is 0 Å². The number of rotatable bonds is 15. The summed E-state index contributed by atoms with van der Waals surface area (Å²) in [5.41, 5.74) is 33.1. The molecule has 0 saturated carbocycles. The molecular formula is C123H90B2N2O. The average molecular weight is 1630 g/mol. The minimum absolute atomic E-state index is 0.122. The topological polar surface area (TPSA) is 19.6 Å². The second-order valence-corrected chi connectivity index (χ2v) is 35.2. The van der Waals surface area contributed by atoms with Crippen LogP contribution < -0.4 is 42.6 Å². The number of aryl methyl sites for hydroxylation is 7. The zero-order chi connectivity index (χ0) is 85.9. The molecule has 23 aromatic carbocycles. The van der Waals surface area contributed by atoms with Crippen LogP contribution in [0.25, 0.3) is 152 Å². The van der Waals surface area contributed by atoms with Gasteiger partial charge in [0.2, 0.25) is 13.4 Å². The van der Waals surface area contributed by atoms with Gasteiger partial charge >= 0.3 is 0 Å². The van der Waals surface area contributed by atoms with Crippen LogP contribution >= 0.6 is 0 Å². The number of anilines is 6. The molecule has 0 atom stereocenters. The number of benzene rings is 23. The van der Waals surface area contributed by atoms with Gasteiger partial charge in [-0.05, 0) is 246 Å². The molecule has 0 bridgehead atoms. The Kier molecular flexibility index (Phi) is 19.1. The van der Waals surface area contributed by atoms with Gasteiger partial charge in [-0.1, -0.05) is 412 Å². The Morgan fingerprint density at radius 1 is 0.203 bits per heavy atom. The van der Waals surface area contributed by atoms with Crippen LogP contribution in [0, 0.1) is 48.5 Å². The number of para-hydroxylation sites is 5. The van der Waals surface area contributed by atoms with Crippen molar-refractivity contribution in [3.05, 3.63) is 458 Å². The van der Waals surface area contributed by atoms with E-state index in [1.807, 2.05) is 6.07 Å². The van der Waals surface area contributed by atoms with Gasteiger partial charge in [-0.25, -0.2) is 0 Å². The third-order valence-corrected chi connectivity index (χ3v) is 27.3. The Morgan fingerprint density at radius 2 is 0.617 bits per heavy atom. The van der Waals surface area contributed by atoms with Crippen molar-refractivity contribution in [3.63, 3.8) is 0 Å². The lowest BCUT2D eigenvalue weighted by atomic mass is 9.34. The van der Waals surface area contributed by atoms with Gasteiger partial charge in [0.1, 0.15) is 5.58 Å². The van der Waals surface area contributed by atoms with Gasteiger partial charge in [-0.2, -0.15) is 0 Å². The van der Waals surface area contributed by atoms with E-state index in [0.29, 0.717) is 0 Å². The normalized spacial score (nSPS) is 11.7. The molecule has 0 aliphatic rings. The lowest BCUT2D eigenvalue weighted by molar-refractivity contribution is 0.669. The third-order valence-electron chi connectivity index (χ3n) is 27.3. The summed E-state index contributed by atoms with van der Waals surface area (Å²) in [5.74, 6) is 0. The van der Waals surface area contributed by atoms with Crippen LogP contribution in [-0.2, 0) is 0 Å². The maximum Gasteiger partial charge on any atom is 0.242 e. The maximum absolute atomic E-state index is 6.76. The predicted molar refractivity (Wildman–Crippen MR) is 554 cm³/mol. The predicted octanol–water partition coefficient (Wildman–Crippen LogP) is 29.7. The smallest absolute Gasteiger partial charge is 0.242 e. The first kappa shape index (κ1) is 77.3. The second-order valence-electron chi connectivity index (χ2n) is 35.2. The fraction of sp³-hybridized carbons (Fsp3) is 0.0569. The molecule has 1 heterocycles.